The molecule has 0 saturated carbocycles. The van der Waals surface area contributed by atoms with Crippen molar-refractivity contribution >= 4 is 16.7 Å². The van der Waals surface area contributed by atoms with E-state index < -0.39 is 0 Å². The van der Waals surface area contributed by atoms with E-state index in [-0.39, 0.29) is 11.9 Å². The van der Waals surface area contributed by atoms with Crippen molar-refractivity contribution in [2.75, 3.05) is 26.2 Å². The van der Waals surface area contributed by atoms with Crippen molar-refractivity contribution in [1.82, 2.24) is 15.5 Å². The molecule has 0 radical (unpaired) electrons. The van der Waals surface area contributed by atoms with Crippen molar-refractivity contribution in [1.29, 1.82) is 0 Å². The molecule has 1 amide bonds. The Hall–Kier alpha value is -1.91. The van der Waals surface area contributed by atoms with Crippen LogP contribution in [0.15, 0.2) is 42.5 Å². The van der Waals surface area contributed by atoms with Gasteiger partial charge in [0.05, 0.1) is 6.04 Å². The number of hydrogen-bond acceptors (Lipinski definition) is 3. The summed E-state index contributed by atoms with van der Waals surface area (Å²) in [6.45, 7) is 6.29. The predicted octanol–water partition coefficient (Wildman–Crippen LogP) is 3.48. The Labute approximate surface area is 162 Å². The third-order valence-corrected chi connectivity index (χ3v) is 6.30. The van der Waals surface area contributed by atoms with E-state index in [9.17, 15) is 4.79 Å². The number of benzene rings is 2. The largest absolute Gasteiger partial charge is 0.354 e. The fraction of sp³-hybridized carbons (Fsp3) is 0.522. The standard InChI is InChI=1S/C23H31N3O/c1-17(20-11-10-19-7-2-3-8-21(19)14-20)26-13-5-6-18(16-26)15-25-23(27)22-9-4-12-24-22/h2-3,7-8,10-11,14,17-18,22,24H,4-6,9,12-13,15-16H2,1H3,(H,25,27). The highest BCUT2D eigenvalue weighted by atomic mass is 16.2. The topological polar surface area (TPSA) is 44.4 Å². The monoisotopic (exact) mass is 365 g/mol. The zero-order valence-corrected chi connectivity index (χ0v) is 16.3. The summed E-state index contributed by atoms with van der Waals surface area (Å²) in [6, 6.07) is 15.8. The zero-order valence-electron chi connectivity index (χ0n) is 16.3. The first-order valence-corrected chi connectivity index (χ1v) is 10.4. The maximum atomic E-state index is 12.3. The summed E-state index contributed by atoms with van der Waals surface area (Å²) >= 11 is 0. The van der Waals surface area contributed by atoms with Gasteiger partial charge in [0.15, 0.2) is 0 Å². The number of rotatable bonds is 5. The molecular weight excluding hydrogens is 334 g/mol. The Morgan fingerprint density at radius 3 is 2.85 bits per heavy atom. The van der Waals surface area contributed by atoms with Crippen molar-refractivity contribution in [3.63, 3.8) is 0 Å². The predicted molar refractivity (Wildman–Crippen MR) is 111 cm³/mol. The summed E-state index contributed by atoms with van der Waals surface area (Å²) in [5.41, 5.74) is 1.38. The van der Waals surface area contributed by atoms with Gasteiger partial charge in [0.25, 0.3) is 0 Å². The van der Waals surface area contributed by atoms with Gasteiger partial charge >= 0.3 is 0 Å². The molecule has 0 spiro atoms. The zero-order chi connectivity index (χ0) is 18.6. The van der Waals surface area contributed by atoms with Crippen LogP contribution in [-0.2, 0) is 4.79 Å². The van der Waals surface area contributed by atoms with Gasteiger partial charge in [-0.05, 0) is 74.0 Å². The van der Waals surface area contributed by atoms with Crippen LogP contribution in [0.3, 0.4) is 0 Å². The molecule has 2 aromatic carbocycles. The summed E-state index contributed by atoms with van der Waals surface area (Å²) in [4.78, 5) is 14.8. The van der Waals surface area contributed by atoms with Gasteiger partial charge in [0, 0.05) is 19.1 Å². The van der Waals surface area contributed by atoms with Crippen LogP contribution in [0.4, 0.5) is 0 Å². The molecule has 4 rings (SSSR count). The van der Waals surface area contributed by atoms with Crippen LogP contribution in [0.5, 0.6) is 0 Å². The molecule has 0 bridgehead atoms. The van der Waals surface area contributed by atoms with E-state index in [1.807, 2.05) is 0 Å². The van der Waals surface area contributed by atoms with Crippen molar-refractivity contribution < 1.29 is 4.79 Å². The van der Waals surface area contributed by atoms with Crippen LogP contribution >= 0.6 is 0 Å². The summed E-state index contributed by atoms with van der Waals surface area (Å²) in [6.07, 6.45) is 4.50. The number of amides is 1. The van der Waals surface area contributed by atoms with Crippen molar-refractivity contribution in [2.45, 2.75) is 44.7 Å². The van der Waals surface area contributed by atoms with E-state index >= 15 is 0 Å². The number of likely N-dealkylation sites (tertiary alicyclic amines) is 1. The molecule has 2 fully saturated rings. The van der Waals surface area contributed by atoms with Crippen molar-refractivity contribution in [3.8, 4) is 0 Å². The lowest BCUT2D eigenvalue weighted by Crippen LogP contribution is -2.45. The SMILES string of the molecule is CC(c1ccc2ccccc2c1)N1CCCC(CNC(=O)C2CCCN2)C1. The molecule has 2 aliphatic rings. The van der Waals surface area contributed by atoms with Gasteiger partial charge in [-0.3, -0.25) is 9.69 Å². The van der Waals surface area contributed by atoms with Crippen LogP contribution in [0.25, 0.3) is 10.8 Å². The molecule has 3 atom stereocenters. The second-order valence-corrected chi connectivity index (χ2v) is 8.18. The molecule has 2 heterocycles. The molecule has 4 heteroatoms. The molecule has 4 nitrogen and oxygen atoms in total. The normalized spacial score (nSPS) is 24.8. The minimum Gasteiger partial charge on any atom is -0.354 e. The van der Waals surface area contributed by atoms with E-state index in [4.69, 9.17) is 0 Å². The van der Waals surface area contributed by atoms with Crippen LogP contribution in [0, 0.1) is 5.92 Å². The molecular formula is C23H31N3O. The van der Waals surface area contributed by atoms with Gasteiger partial charge in [-0.1, -0.05) is 36.4 Å². The van der Waals surface area contributed by atoms with E-state index in [1.165, 1.54) is 29.2 Å². The Morgan fingerprint density at radius 2 is 2.04 bits per heavy atom. The Morgan fingerprint density at radius 1 is 1.19 bits per heavy atom. The van der Waals surface area contributed by atoms with Crippen LogP contribution in [0.1, 0.15) is 44.2 Å². The molecule has 27 heavy (non-hydrogen) atoms. The number of nitrogens with one attached hydrogen (secondary N) is 2. The Balaban J connectivity index is 1.35. The van der Waals surface area contributed by atoms with E-state index in [0.717, 1.165) is 39.0 Å². The van der Waals surface area contributed by atoms with Crippen LogP contribution < -0.4 is 10.6 Å². The summed E-state index contributed by atoms with van der Waals surface area (Å²) < 4.78 is 0. The lowest BCUT2D eigenvalue weighted by atomic mass is 9.94. The highest BCUT2D eigenvalue weighted by Gasteiger charge is 2.26. The van der Waals surface area contributed by atoms with Crippen molar-refractivity contribution in [3.05, 3.63) is 48.0 Å². The van der Waals surface area contributed by atoms with Gasteiger partial charge in [-0.15, -0.1) is 0 Å². The average Bonchev–Trinajstić information content (AvgIpc) is 3.26. The second-order valence-electron chi connectivity index (χ2n) is 8.18. The third kappa shape index (κ3) is 4.33. The van der Waals surface area contributed by atoms with E-state index in [0.29, 0.717) is 12.0 Å². The van der Waals surface area contributed by atoms with Crippen LogP contribution in [-0.4, -0.2) is 43.0 Å². The molecule has 2 aromatic rings. The summed E-state index contributed by atoms with van der Waals surface area (Å²) in [7, 11) is 0. The molecule has 144 valence electrons. The minimum atomic E-state index is 0.0289. The highest BCUT2D eigenvalue weighted by molar-refractivity contribution is 5.83. The van der Waals surface area contributed by atoms with E-state index in [2.05, 4.69) is 64.9 Å². The Bertz CT molecular complexity index is 784. The number of carbonyl (C=O) groups excluding carboxylic acids is 1. The molecule has 2 aliphatic heterocycles. The smallest absolute Gasteiger partial charge is 0.237 e. The number of fused-ring (bicyclic) bond motifs is 1. The van der Waals surface area contributed by atoms with E-state index in [1.54, 1.807) is 0 Å². The molecule has 0 aliphatic carbocycles. The molecule has 2 saturated heterocycles. The van der Waals surface area contributed by atoms with Gasteiger partial charge < -0.3 is 10.6 Å². The number of carbonyl (C=O) groups is 1. The number of piperidine rings is 1. The lowest BCUT2D eigenvalue weighted by molar-refractivity contribution is -0.123. The second kappa shape index (κ2) is 8.41. The van der Waals surface area contributed by atoms with Gasteiger partial charge in [-0.25, -0.2) is 0 Å². The quantitative estimate of drug-likeness (QED) is 0.853. The van der Waals surface area contributed by atoms with Crippen LogP contribution in [0.2, 0.25) is 0 Å². The first-order valence-electron chi connectivity index (χ1n) is 10.4. The van der Waals surface area contributed by atoms with Crippen molar-refractivity contribution in [2.24, 2.45) is 5.92 Å². The first-order chi connectivity index (χ1) is 13.2. The van der Waals surface area contributed by atoms with Gasteiger partial charge in [0.2, 0.25) is 5.91 Å². The lowest BCUT2D eigenvalue weighted by Gasteiger charge is -2.37. The fourth-order valence-corrected chi connectivity index (χ4v) is 4.57. The number of hydrogen-bond donors (Lipinski definition) is 2. The minimum absolute atomic E-state index is 0.0289. The summed E-state index contributed by atoms with van der Waals surface area (Å²) in [5, 5.41) is 9.09. The maximum absolute atomic E-state index is 12.3. The average molecular weight is 366 g/mol. The third-order valence-electron chi connectivity index (χ3n) is 6.30. The number of nitrogens with zero attached hydrogens (tertiary/aromatic N) is 1. The Kier molecular flexibility index (Phi) is 5.74. The first kappa shape index (κ1) is 18.5. The summed E-state index contributed by atoms with van der Waals surface area (Å²) in [5.74, 6) is 0.735. The molecule has 2 N–H and O–H groups in total. The maximum Gasteiger partial charge on any atom is 0.237 e. The van der Waals surface area contributed by atoms with Gasteiger partial charge in [-0.2, -0.15) is 0 Å². The van der Waals surface area contributed by atoms with Gasteiger partial charge in [0.1, 0.15) is 0 Å². The fourth-order valence-electron chi connectivity index (χ4n) is 4.57. The molecule has 0 aromatic heterocycles. The molecule has 3 unspecified atom stereocenters. The highest BCUT2D eigenvalue weighted by Crippen LogP contribution is 2.28.